The van der Waals surface area contributed by atoms with Crippen LogP contribution in [0.2, 0.25) is 10.0 Å². The number of hydrogen-bond donors (Lipinski definition) is 3. The zero-order valence-electron chi connectivity index (χ0n) is 18.8. The van der Waals surface area contributed by atoms with Crippen molar-refractivity contribution in [1.82, 2.24) is 9.55 Å². The van der Waals surface area contributed by atoms with Gasteiger partial charge in [-0.15, -0.1) is 0 Å². The number of halogens is 2. The lowest BCUT2D eigenvalue weighted by Gasteiger charge is -2.16. The van der Waals surface area contributed by atoms with E-state index in [0.717, 1.165) is 16.8 Å². The maximum atomic E-state index is 9.10. The summed E-state index contributed by atoms with van der Waals surface area (Å²) in [5, 5.41) is 19.1. The Labute approximate surface area is 205 Å². The molecule has 0 unspecified atom stereocenters. The zero-order chi connectivity index (χ0) is 25.4. The van der Waals surface area contributed by atoms with Crippen LogP contribution < -0.4 is 19.5 Å². The Morgan fingerprint density at radius 2 is 1.62 bits per heavy atom. The van der Waals surface area contributed by atoms with Gasteiger partial charge in [-0.05, 0) is 24.3 Å². The number of carbonyl (C=O) groups is 2. The molecule has 0 atom stereocenters. The fourth-order valence-corrected chi connectivity index (χ4v) is 3.27. The summed E-state index contributed by atoms with van der Waals surface area (Å²) in [6.45, 7) is 0.495. The molecule has 34 heavy (non-hydrogen) atoms. The number of imidazole rings is 1. The first kappa shape index (κ1) is 26.6. The van der Waals surface area contributed by atoms with Crippen LogP contribution in [0.15, 0.2) is 36.5 Å². The summed E-state index contributed by atoms with van der Waals surface area (Å²) >= 11 is 12.1. The number of nitrogens with one attached hydrogen (secondary N) is 1. The van der Waals surface area contributed by atoms with E-state index in [0.29, 0.717) is 39.8 Å². The lowest BCUT2D eigenvalue weighted by Crippen LogP contribution is -2.09. The van der Waals surface area contributed by atoms with Gasteiger partial charge in [0.2, 0.25) is 11.7 Å². The second-order valence-corrected chi connectivity index (χ2v) is 7.43. The fourth-order valence-electron chi connectivity index (χ4n) is 2.97. The highest BCUT2D eigenvalue weighted by Crippen LogP contribution is 2.40. The largest absolute Gasteiger partial charge is 0.493 e. The predicted molar refractivity (Wildman–Crippen MR) is 127 cm³/mol. The normalized spacial score (nSPS) is 10.1. The van der Waals surface area contributed by atoms with Crippen LogP contribution in [0.3, 0.4) is 0 Å². The average Bonchev–Trinajstić information content (AvgIpc) is 3.19. The first-order valence-electron chi connectivity index (χ1n) is 9.59. The lowest BCUT2D eigenvalue weighted by molar-refractivity contribution is -0.159. The molecule has 0 radical (unpaired) electrons. The molecule has 0 spiro atoms. The summed E-state index contributed by atoms with van der Waals surface area (Å²) in [4.78, 5) is 22.7. The van der Waals surface area contributed by atoms with Gasteiger partial charge in [-0.3, -0.25) is 0 Å². The van der Waals surface area contributed by atoms with Crippen LogP contribution >= 0.6 is 23.2 Å². The zero-order valence-corrected chi connectivity index (χ0v) is 20.3. The topological polar surface area (TPSA) is 132 Å². The number of rotatable bonds is 7. The van der Waals surface area contributed by atoms with Crippen molar-refractivity contribution in [3.8, 4) is 28.5 Å². The molecule has 12 heteroatoms. The highest BCUT2D eigenvalue weighted by Gasteiger charge is 2.16. The summed E-state index contributed by atoms with van der Waals surface area (Å²) in [5.74, 6) is -1.15. The molecule has 3 N–H and O–H groups in total. The van der Waals surface area contributed by atoms with E-state index in [1.165, 1.54) is 0 Å². The van der Waals surface area contributed by atoms with E-state index in [1.54, 1.807) is 33.6 Å². The number of benzene rings is 2. The minimum atomic E-state index is -1.82. The van der Waals surface area contributed by atoms with Gasteiger partial charge in [-0.1, -0.05) is 29.3 Å². The minimum Gasteiger partial charge on any atom is -0.493 e. The van der Waals surface area contributed by atoms with Crippen molar-refractivity contribution < 1.29 is 34.0 Å². The third-order valence-corrected chi connectivity index (χ3v) is 5.35. The van der Waals surface area contributed by atoms with Crippen molar-refractivity contribution in [3.05, 3.63) is 52.1 Å². The maximum absolute atomic E-state index is 9.10. The van der Waals surface area contributed by atoms with Gasteiger partial charge in [-0.2, -0.15) is 0 Å². The minimum absolute atomic E-state index is 0.495. The van der Waals surface area contributed by atoms with Crippen LogP contribution in [0.1, 0.15) is 5.56 Å². The second kappa shape index (κ2) is 12.0. The van der Waals surface area contributed by atoms with E-state index in [1.807, 2.05) is 35.9 Å². The third-order valence-electron chi connectivity index (χ3n) is 4.61. The van der Waals surface area contributed by atoms with Crippen LogP contribution in [-0.4, -0.2) is 53.0 Å². The summed E-state index contributed by atoms with van der Waals surface area (Å²) in [6.07, 6.45) is 1.79. The van der Waals surface area contributed by atoms with Crippen molar-refractivity contribution in [3.63, 3.8) is 0 Å². The number of methoxy groups -OCH3 is 3. The van der Waals surface area contributed by atoms with Gasteiger partial charge in [0, 0.05) is 24.7 Å². The van der Waals surface area contributed by atoms with Crippen molar-refractivity contribution in [2.45, 2.75) is 6.54 Å². The summed E-state index contributed by atoms with van der Waals surface area (Å²) < 4.78 is 18.2. The highest BCUT2D eigenvalue weighted by molar-refractivity contribution is 6.42. The standard InChI is InChI=1S/C20H21Cl2N3O3.C2H2O4/c1-25-16(12-5-7-14(21)15(22)9-12)11-24-20(25)23-10-13-6-8-17(26-2)19(28-4)18(13)27-3;3-1(4)2(5)6/h5-9,11H,10H2,1-4H3,(H,23,24);(H,3,4)(H,5,6). The van der Waals surface area contributed by atoms with Gasteiger partial charge < -0.3 is 34.3 Å². The summed E-state index contributed by atoms with van der Waals surface area (Å²) in [7, 11) is 6.70. The van der Waals surface area contributed by atoms with Crippen LogP contribution in [0.25, 0.3) is 11.3 Å². The maximum Gasteiger partial charge on any atom is 0.414 e. The lowest BCUT2D eigenvalue weighted by atomic mass is 10.1. The first-order valence-corrected chi connectivity index (χ1v) is 10.3. The van der Waals surface area contributed by atoms with E-state index in [9.17, 15) is 0 Å². The van der Waals surface area contributed by atoms with Gasteiger partial charge in [0.15, 0.2) is 11.5 Å². The number of aliphatic carboxylic acids is 2. The second-order valence-electron chi connectivity index (χ2n) is 6.61. The Kier molecular flexibility index (Phi) is 9.40. The Morgan fingerprint density at radius 1 is 0.971 bits per heavy atom. The molecule has 1 aromatic heterocycles. The van der Waals surface area contributed by atoms with Gasteiger partial charge in [0.05, 0.1) is 43.3 Å². The summed E-state index contributed by atoms with van der Waals surface area (Å²) in [6, 6.07) is 9.27. The Hall–Kier alpha value is -3.63. The average molecular weight is 512 g/mol. The number of ether oxygens (including phenoxy) is 3. The van der Waals surface area contributed by atoms with Gasteiger partial charge in [0.25, 0.3) is 0 Å². The molecule has 0 amide bonds. The Balaban J connectivity index is 0.000000604. The molecule has 0 saturated heterocycles. The first-order chi connectivity index (χ1) is 16.1. The van der Waals surface area contributed by atoms with Crippen LogP contribution in [-0.2, 0) is 23.2 Å². The number of carboxylic acid groups (broad SMARTS) is 2. The molecule has 0 fully saturated rings. The van der Waals surface area contributed by atoms with Crippen molar-refractivity contribution in [1.29, 1.82) is 0 Å². The predicted octanol–water partition coefficient (Wildman–Crippen LogP) is 4.19. The van der Waals surface area contributed by atoms with E-state index in [2.05, 4.69) is 10.3 Å². The van der Waals surface area contributed by atoms with Crippen LogP contribution in [0.4, 0.5) is 5.95 Å². The molecule has 3 rings (SSSR count). The molecule has 182 valence electrons. The van der Waals surface area contributed by atoms with Crippen molar-refractivity contribution >= 4 is 41.1 Å². The number of anilines is 1. The number of hydrogen-bond acceptors (Lipinski definition) is 7. The molecule has 0 aliphatic heterocycles. The number of aromatic nitrogens is 2. The van der Waals surface area contributed by atoms with E-state index < -0.39 is 11.9 Å². The quantitative estimate of drug-likeness (QED) is 0.399. The molecule has 10 nitrogen and oxygen atoms in total. The van der Waals surface area contributed by atoms with Crippen LogP contribution in [0.5, 0.6) is 17.2 Å². The molecule has 3 aromatic rings. The molecular formula is C22H23Cl2N3O7. The molecule has 0 aliphatic carbocycles. The molecular weight excluding hydrogens is 489 g/mol. The Bertz CT molecular complexity index is 1170. The highest BCUT2D eigenvalue weighted by atomic mass is 35.5. The van der Waals surface area contributed by atoms with Gasteiger partial charge >= 0.3 is 11.9 Å². The van der Waals surface area contributed by atoms with E-state index in [-0.39, 0.29) is 0 Å². The van der Waals surface area contributed by atoms with E-state index in [4.69, 9.17) is 57.2 Å². The van der Waals surface area contributed by atoms with Gasteiger partial charge in [-0.25, -0.2) is 14.6 Å². The van der Waals surface area contributed by atoms with Crippen LogP contribution in [0, 0.1) is 0 Å². The Morgan fingerprint density at radius 3 is 2.15 bits per heavy atom. The SMILES string of the molecule is COc1ccc(CNc2ncc(-c3ccc(Cl)c(Cl)c3)n2C)c(OC)c1OC.O=C(O)C(=O)O. The number of carboxylic acids is 2. The molecule has 1 heterocycles. The fraction of sp³-hybridized carbons (Fsp3) is 0.227. The smallest absolute Gasteiger partial charge is 0.414 e. The number of nitrogens with zero attached hydrogens (tertiary/aromatic N) is 2. The molecule has 0 bridgehead atoms. The molecule has 2 aromatic carbocycles. The van der Waals surface area contributed by atoms with Crippen molar-refractivity contribution in [2.24, 2.45) is 7.05 Å². The third kappa shape index (κ3) is 6.24. The molecule has 0 aliphatic rings. The monoisotopic (exact) mass is 511 g/mol. The van der Waals surface area contributed by atoms with Gasteiger partial charge in [0.1, 0.15) is 0 Å². The molecule has 0 saturated carbocycles. The van der Waals surface area contributed by atoms with Crippen molar-refractivity contribution in [2.75, 3.05) is 26.6 Å². The summed E-state index contributed by atoms with van der Waals surface area (Å²) in [5.41, 5.74) is 2.76. The van der Waals surface area contributed by atoms with E-state index >= 15 is 0 Å².